The third kappa shape index (κ3) is 2.26. The van der Waals surface area contributed by atoms with E-state index in [1.165, 1.54) is 13.4 Å². The Morgan fingerprint density at radius 2 is 2.42 bits per heavy atom. The molecule has 0 radical (unpaired) electrons. The Morgan fingerprint density at radius 3 is 2.92 bits per heavy atom. The van der Waals surface area contributed by atoms with Gasteiger partial charge in [-0.25, -0.2) is 4.79 Å². The summed E-state index contributed by atoms with van der Waals surface area (Å²) in [5.41, 5.74) is 0. The number of hydrogen-bond acceptors (Lipinski definition) is 5. The number of hydrogen-bond donors (Lipinski definition) is 0. The molecule has 0 saturated heterocycles. The molecule has 0 N–H and O–H groups in total. The molecule has 1 heterocycles. The second kappa shape index (κ2) is 3.75. The third-order valence-corrected chi connectivity index (χ3v) is 1.30. The standard InChI is InChI=1S/C7H8O5/c1-10-6(8)3-2-5-4-11-7(9)12-5/h4H,2-3H2,1H3. The van der Waals surface area contributed by atoms with Crippen molar-refractivity contribution < 1.29 is 18.4 Å². The van der Waals surface area contributed by atoms with E-state index in [1.807, 2.05) is 0 Å². The molecule has 0 aliphatic heterocycles. The quantitative estimate of drug-likeness (QED) is 0.615. The van der Waals surface area contributed by atoms with Crippen LogP contribution in [0.5, 0.6) is 0 Å². The lowest BCUT2D eigenvalue weighted by molar-refractivity contribution is -0.140. The summed E-state index contributed by atoms with van der Waals surface area (Å²) in [6.45, 7) is 0. The van der Waals surface area contributed by atoms with Gasteiger partial charge < -0.3 is 13.6 Å². The molecule has 0 fully saturated rings. The average molecular weight is 172 g/mol. The maximum Gasteiger partial charge on any atom is 0.518 e. The van der Waals surface area contributed by atoms with Gasteiger partial charge in [0.1, 0.15) is 12.0 Å². The monoisotopic (exact) mass is 172 g/mol. The fourth-order valence-electron chi connectivity index (χ4n) is 0.706. The van der Waals surface area contributed by atoms with Gasteiger partial charge in [-0.2, -0.15) is 0 Å². The van der Waals surface area contributed by atoms with E-state index in [2.05, 4.69) is 13.6 Å². The first-order chi connectivity index (χ1) is 5.72. The van der Waals surface area contributed by atoms with Gasteiger partial charge >= 0.3 is 11.8 Å². The Morgan fingerprint density at radius 1 is 1.67 bits per heavy atom. The summed E-state index contributed by atoms with van der Waals surface area (Å²) in [6, 6.07) is 0. The van der Waals surface area contributed by atoms with Gasteiger partial charge in [0.2, 0.25) is 0 Å². The maximum absolute atomic E-state index is 10.6. The Bertz CT molecular complexity index is 308. The smallest absolute Gasteiger partial charge is 0.469 e. The highest BCUT2D eigenvalue weighted by atomic mass is 16.6. The predicted molar refractivity (Wildman–Crippen MR) is 37.6 cm³/mol. The summed E-state index contributed by atoms with van der Waals surface area (Å²) in [7, 11) is 1.30. The molecule has 0 aliphatic carbocycles. The fraction of sp³-hybridized carbons (Fsp3) is 0.429. The van der Waals surface area contributed by atoms with Crippen LogP contribution in [0.25, 0.3) is 0 Å². The minimum atomic E-state index is -0.755. The van der Waals surface area contributed by atoms with E-state index in [-0.39, 0.29) is 12.4 Å². The molecule has 1 aromatic rings. The van der Waals surface area contributed by atoms with Gasteiger partial charge in [-0.3, -0.25) is 4.79 Å². The van der Waals surface area contributed by atoms with E-state index < -0.39 is 5.82 Å². The van der Waals surface area contributed by atoms with Crippen molar-refractivity contribution in [3.63, 3.8) is 0 Å². The van der Waals surface area contributed by atoms with Gasteiger partial charge in [-0.15, -0.1) is 0 Å². The van der Waals surface area contributed by atoms with Crippen LogP contribution < -0.4 is 5.82 Å². The first-order valence-corrected chi connectivity index (χ1v) is 3.36. The number of methoxy groups -OCH3 is 1. The molecule has 0 aromatic carbocycles. The van der Waals surface area contributed by atoms with Crippen molar-refractivity contribution in [2.45, 2.75) is 12.8 Å². The highest BCUT2D eigenvalue weighted by molar-refractivity contribution is 5.69. The van der Waals surface area contributed by atoms with Crippen LogP contribution in [0, 0.1) is 0 Å². The van der Waals surface area contributed by atoms with Crippen LogP contribution in [0.2, 0.25) is 0 Å². The summed E-state index contributed by atoms with van der Waals surface area (Å²) in [6.07, 6.45) is 1.68. The molecule has 0 aliphatic rings. The van der Waals surface area contributed by atoms with E-state index in [1.54, 1.807) is 0 Å². The van der Waals surface area contributed by atoms with Gasteiger partial charge in [-0.05, 0) is 0 Å². The second-order valence-corrected chi connectivity index (χ2v) is 2.13. The molecular formula is C7H8O5. The van der Waals surface area contributed by atoms with Gasteiger partial charge in [0.05, 0.1) is 13.5 Å². The molecule has 0 spiro atoms. The van der Waals surface area contributed by atoms with Gasteiger partial charge in [-0.1, -0.05) is 0 Å². The zero-order chi connectivity index (χ0) is 8.97. The van der Waals surface area contributed by atoms with Crippen LogP contribution in [0.15, 0.2) is 19.9 Å². The molecule has 12 heavy (non-hydrogen) atoms. The van der Waals surface area contributed by atoms with E-state index in [0.29, 0.717) is 12.2 Å². The Kier molecular flexibility index (Phi) is 2.68. The van der Waals surface area contributed by atoms with Crippen molar-refractivity contribution in [2.75, 3.05) is 7.11 Å². The van der Waals surface area contributed by atoms with Crippen molar-refractivity contribution >= 4 is 5.97 Å². The number of carbonyl (C=O) groups is 1. The number of rotatable bonds is 3. The highest BCUT2D eigenvalue weighted by Crippen LogP contribution is 2.00. The predicted octanol–water partition coefficient (Wildman–Crippen LogP) is 0.338. The zero-order valence-electron chi connectivity index (χ0n) is 6.53. The van der Waals surface area contributed by atoms with Crippen molar-refractivity contribution in [3.05, 3.63) is 22.6 Å². The largest absolute Gasteiger partial charge is 0.518 e. The SMILES string of the molecule is COC(=O)CCc1coc(=O)o1. The van der Waals surface area contributed by atoms with Crippen molar-refractivity contribution in [3.8, 4) is 0 Å². The molecule has 1 aromatic heterocycles. The van der Waals surface area contributed by atoms with E-state index in [9.17, 15) is 9.59 Å². The lowest BCUT2D eigenvalue weighted by atomic mass is 10.3. The van der Waals surface area contributed by atoms with Crippen molar-refractivity contribution in [2.24, 2.45) is 0 Å². The summed E-state index contributed by atoms with van der Waals surface area (Å²) in [5.74, 6) is -0.751. The highest BCUT2D eigenvalue weighted by Gasteiger charge is 2.05. The molecule has 5 heteroatoms. The number of ether oxygens (including phenoxy) is 1. The van der Waals surface area contributed by atoms with E-state index >= 15 is 0 Å². The number of carbonyl (C=O) groups excluding carboxylic acids is 1. The van der Waals surface area contributed by atoms with Crippen LogP contribution >= 0.6 is 0 Å². The summed E-state index contributed by atoms with van der Waals surface area (Å²) in [4.78, 5) is 21.0. The van der Waals surface area contributed by atoms with Gasteiger partial charge in [0.25, 0.3) is 0 Å². The van der Waals surface area contributed by atoms with Gasteiger partial charge in [0, 0.05) is 6.42 Å². The molecule has 0 bridgehead atoms. The van der Waals surface area contributed by atoms with Crippen LogP contribution in [0.1, 0.15) is 12.2 Å². The van der Waals surface area contributed by atoms with Crippen molar-refractivity contribution in [1.29, 1.82) is 0 Å². The van der Waals surface area contributed by atoms with Crippen LogP contribution in [-0.2, 0) is 16.0 Å². The Hall–Kier alpha value is -1.52. The molecule has 66 valence electrons. The Labute approximate surface area is 67.9 Å². The number of aryl methyl sites for hydroxylation is 1. The first-order valence-electron chi connectivity index (χ1n) is 3.36. The van der Waals surface area contributed by atoms with Gasteiger partial charge in [0.15, 0.2) is 0 Å². The average Bonchev–Trinajstić information content (AvgIpc) is 2.47. The van der Waals surface area contributed by atoms with E-state index in [4.69, 9.17) is 0 Å². The molecule has 1 rings (SSSR count). The minimum absolute atomic E-state index is 0.180. The van der Waals surface area contributed by atoms with Crippen LogP contribution in [0.3, 0.4) is 0 Å². The topological polar surface area (TPSA) is 69.7 Å². The van der Waals surface area contributed by atoms with Crippen LogP contribution in [-0.4, -0.2) is 13.1 Å². The normalized spacial score (nSPS) is 9.75. The molecule has 0 saturated carbocycles. The maximum atomic E-state index is 10.6. The molecule has 0 atom stereocenters. The van der Waals surface area contributed by atoms with Crippen LogP contribution in [0.4, 0.5) is 0 Å². The van der Waals surface area contributed by atoms with Crippen molar-refractivity contribution in [1.82, 2.24) is 0 Å². The molecule has 0 unspecified atom stereocenters. The minimum Gasteiger partial charge on any atom is -0.469 e. The summed E-state index contributed by atoms with van der Waals surface area (Å²) >= 11 is 0. The lowest BCUT2D eigenvalue weighted by Crippen LogP contribution is -2.01. The zero-order valence-corrected chi connectivity index (χ0v) is 6.53. The first kappa shape index (κ1) is 8.58. The third-order valence-electron chi connectivity index (χ3n) is 1.30. The Balaban J connectivity index is 2.43. The molecule has 0 amide bonds. The fourth-order valence-corrected chi connectivity index (χ4v) is 0.706. The molecule has 5 nitrogen and oxygen atoms in total. The summed E-state index contributed by atoms with van der Waals surface area (Å²) in [5, 5.41) is 0. The van der Waals surface area contributed by atoms with E-state index in [0.717, 1.165) is 0 Å². The summed E-state index contributed by atoms with van der Waals surface area (Å²) < 4.78 is 13.3. The second-order valence-electron chi connectivity index (χ2n) is 2.13. The molecular weight excluding hydrogens is 164 g/mol. The number of esters is 1. The lowest BCUT2D eigenvalue weighted by Gasteiger charge is -1.93.